The molecule has 0 saturated carbocycles. The van der Waals surface area contributed by atoms with E-state index in [1.807, 2.05) is 44.2 Å². The fourth-order valence-corrected chi connectivity index (χ4v) is 1.98. The Morgan fingerprint density at radius 2 is 1.84 bits per heavy atom. The maximum atomic E-state index is 12.1. The highest BCUT2D eigenvalue weighted by Gasteiger charge is 2.10. The van der Waals surface area contributed by atoms with Gasteiger partial charge in [-0.1, -0.05) is 12.1 Å². The van der Waals surface area contributed by atoms with Crippen molar-refractivity contribution in [3.8, 4) is 0 Å². The summed E-state index contributed by atoms with van der Waals surface area (Å²) >= 11 is 5.72. The van der Waals surface area contributed by atoms with Crippen molar-refractivity contribution in [3.63, 3.8) is 0 Å². The number of benzene rings is 1. The van der Waals surface area contributed by atoms with Crippen LogP contribution in [0.5, 0.6) is 0 Å². The monoisotopic (exact) mass is 274 g/mol. The lowest BCUT2D eigenvalue weighted by molar-refractivity contribution is 0.102. The molecule has 0 bridgehead atoms. The summed E-state index contributed by atoms with van der Waals surface area (Å²) in [6.07, 6.45) is 0. The fraction of sp³-hybridized carbons (Fsp3) is 0.200. The molecule has 0 fully saturated rings. The molecule has 2 aromatic rings. The number of rotatable bonds is 3. The molecule has 1 heterocycles. The summed E-state index contributed by atoms with van der Waals surface area (Å²) in [4.78, 5) is 16.4. The van der Waals surface area contributed by atoms with Crippen LogP contribution in [-0.4, -0.2) is 10.9 Å². The van der Waals surface area contributed by atoms with Gasteiger partial charge in [-0.25, -0.2) is 0 Å². The zero-order valence-corrected chi connectivity index (χ0v) is 11.7. The number of aromatic nitrogens is 1. The molecule has 1 N–H and O–H groups in total. The average Bonchev–Trinajstić information content (AvgIpc) is 2.39. The van der Waals surface area contributed by atoms with Crippen molar-refractivity contribution in [2.75, 3.05) is 5.32 Å². The van der Waals surface area contributed by atoms with E-state index in [0.717, 1.165) is 22.6 Å². The summed E-state index contributed by atoms with van der Waals surface area (Å²) < 4.78 is 0. The molecule has 0 aliphatic heterocycles. The van der Waals surface area contributed by atoms with Crippen molar-refractivity contribution in [2.45, 2.75) is 19.7 Å². The van der Waals surface area contributed by atoms with E-state index in [2.05, 4.69) is 10.3 Å². The highest BCUT2D eigenvalue weighted by atomic mass is 35.5. The van der Waals surface area contributed by atoms with Gasteiger partial charge in [0.25, 0.3) is 5.91 Å². The molecular formula is C15H15ClN2O. The van der Waals surface area contributed by atoms with E-state index in [4.69, 9.17) is 11.6 Å². The first-order valence-corrected chi connectivity index (χ1v) is 6.54. The Bertz CT molecular complexity index is 594. The van der Waals surface area contributed by atoms with Crippen LogP contribution < -0.4 is 5.32 Å². The third kappa shape index (κ3) is 3.32. The summed E-state index contributed by atoms with van der Waals surface area (Å²) in [6, 6.07) is 11.1. The molecular weight excluding hydrogens is 260 g/mol. The molecule has 1 aromatic carbocycles. The van der Waals surface area contributed by atoms with Crippen LogP contribution in [0.4, 0.5) is 5.69 Å². The average molecular weight is 275 g/mol. The van der Waals surface area contributed by atoms with Gasteiger partial charge in [0.1, 0.15) is 0 Å². The van der Waals surface area contributed by atoms with E-state index in [1.165, 1.54) is 0 Å². The molecule has 0 radical (unpaired) electrons. The fourth-order valence-electron chi connectivity index (χ4n) is 1.80. The van der Waals surface area contributed by atoms with E-state index in [-0.39, 0.29) is 5.91 Å². The van der Waals surface area contributed by atoms with E-state index in [1.54, 1.807) is 6.07 Å². The quantitative estimate of drug-likeness (QED) is 0.868. The van der Waals surface area contributed by atoms with Gasteiger partial charge in [0.2, 0.25) is 0 Å². The molecule has 1 aromatic heterocycles. The highest BCUT2D eigenvalue weighted by molar-refractivity contribution is 6.17. The molecule has 0 unspecified atom stereocenters. The highest BCUT2D eigenvalue weighted by Crippen LogP contribution is 2.14. The van der Waals surface area contributed by atoms with Gasteiger partial charge in [-0.15, -0.1) is 11.6 Å². The largest absolute Gasteiger partial charge is 0.322 e. The minimum atomic E-state index is -0.149. The number of nitrogens with one attached hydrogen (secondary N) is 1. The Morgan fingerprint density at radius 1 is 1.16 bits per heavy atom. The number of carbonyl (C=O) groups is 1. The summed E-state index contributed by atoms with van der Waals surface area (Å²) in [5, 5.41) is 2.85. The Morgan fingerprint density at radius 3 is 2.42 bits per heavy atom. The van der Waals surface area contributed by atoms with Gasteiger partial charge in [0.15, 0.2) is 0 Å². The molecule has 0 aliphatic carbocycles. The first-order chi connectivity index (χ1) is 9.10. The summed E-state index contributed by atoms with van der Waals surface area (Å²) in [7, 11) is 0. The third-order valence-corrected chi connectivity index (χ3v) is 3.14. The van der Waals surface area contributed by atoms with Crippen molar-refractivity contribution in [1.29, 1.82) is 0 Å². The van der Waals surface area contributed by atoms with Gasteiger partial charge in [0, 0.05) is 17.3 Å². The van der Waals surface area contributed by atoms with Crippen LogP contribution in [0.1, 0.15) is 27.3 Å². The zero-order chi connectivity index (χ0) is 13.8. The Balaban J connectivity index is 2.15. The first-order valence-electron chi connectivity index (χ1n) is 6.00. The predicted molar refractivity (Wildman–Crippen MR) is 77.7 cm³/mol. The van der Waals surface area contributed by atoms with E-state index < -0.39 is 0 Å². The molecule has 19 heavy (non-hydrogen) atoms. The second-order valence-corrected chi connectivity index (χ2v) is 4.64. The number of hydrogen-bond donors (Lipinski definition) is 1. The van der Waals surface area contributed by atoms with Crippen LogP contribution in [0.15, 0.2) is 36.4 Å². The number of pyridine rings is 1. The number of alkyl halides is 1. The second kappa shape index (κ2) is 5.85. The van der Waals surface area contributed by atoms with Crippen LogP contribution in [0, 0.1) is 13.8 Å². The predicted octanol–water partition coefficient (Wildman–Crippen LogP) is 3.69. The number of amides is 1. The first kappa shape index (κ1) is 13.6. The van der Waals surface area contributed by atoms with Gasteiger partial charge in [-0.2, -0.15) is 0 Å². The van der Waals surface area contributed by atoms with Crippen molar-refractivity contribution in [3.05, 3.63) is 58.9 Å². The van der Waals surface area contributed by atoms with Crippen LogP contribution in [0.3, 0.4) is 0 Å². The van der Waals surface area contributed by atoms with Crippen molar-refractivity contribution >= 4 is 23.2 Å². The maximum Gasteiger partial charge on any atom is 0.257 e. The SMILES string of the molecule is Cc1ccc(C(=O)Nc2ccc(CCl)cc2)c(C)n1. The van der Waals surface area contributed by atoms with Crippen LogP contribution in [0.2, 0.25) is 0 Å². The summed E-state index contributed by atoms with van der Waals surface area (Å²) in [5.74, 6) is 0.318. The molecule has 98 valence electrons. The van der Waals surface area contributed by atoms with Crippen molar-refractivity contribution in [1.82, 2.24) is 4.98 Å². The molecule has 2 rings (SSSR count). The van der Waals surface area contributed by atoms with E-state index in [9.17, 15) is 4.79 Å². The minimum absolute atomic E-state index is 0.149. The number of hydrogen-bond acceptors (Lipinski definition) is 2. The standard InChI is InChI=1S/C15H15ClN2O/c1-10-3-8-14(11(2)17-10)15(19)18-13-6-4-12(9-16)5-7-13/h3-8H,9H2,1-2H3,(H,18,19). The molecule has 1 amide bonds. The molecule has 0 saturated heterocycles. The molecule has 0 spiro atoms. The number of aryl methyl sites for hydroxylation is 2. The lowest BCUT2D eigenvalue weighted by Crippen LogP contribution is -2.14. The molecule has 0 aliphatic rings. The van der Waals surface area contributed by atoms with Gasteiger partial charge in [0.05, 0.1) is 11.3 Å². The number of carbonyl (C=O) groups excluding carboxylic acids is 1. The molecule has 3 nitrogen and oxygen atoms in total. The minimum Gasteiger partial charge on any atom is -0.322 e. The topological polar surface area (TPSA) is 42.0 Å². The van der Waals surface area contributed by atoms with Crippen molar-refractivity contribution in [2.24, 2.45) is 0 Å². The smallest absolute Gasteiger partial charge is 0.257 e. The maximum absolute atomic E-state index is 12.1. The number of nitrogens with zero attached hydrogens (tertiary/aromatic N) is 1. The normalized spacial score (nSPS) is 10.3. The van der Waals surface area contributed by atoms with Gasteiger partial charge in [-0.05, 0) is 43.7 Å². The third-order valence-electron chi connectivity index (χ3n) is 2.84. The van der Waals surface area contributed by atoms with Crippen LogP contribution in [-0.2, 0) is 5.88 Å². The van der Waals surface area contributed by atoms with Gasteiger partial charge >= 0.3 is 0 Å². The van der Waals surface area contributed by atoms with E-state index in [0.29, 0.717) is 11.4 Å². The lowest BCUT2D eigenvalue weighted by Gasteiger charge is -2.08. The van der Waals surface area contributed by atoms with Crippen molar-refractivity contribution < 1.29 is 4.79 Å². The Kier molecular flexibility index (Phi) is 4.17. The Hall–Kier alpha value is -1.87. The Labute approximate surface area is 117 Å². The van der Waals surface area contributed by atoms with E-state index >= 15 is 0 Å². The number of halogens is 1. The summed E-state index contributed by atoms with van der Waals surface area (Å²) in [6.45, 7) is 3.73. The zero-order valence-electron chi connectivity index (χ0n) is 10.9. The van der Waals surface area contributed by atoms with Crippen LogP contribution >= 0.6 is 11.6 Å². The van der Waals surface area contributed by atoms with Gasteiger partial charge < -0.3 is 5.32 Å². The van der Waals surface area contributed by atoms with Crippen LogP contribution in [0.25, 0.3) is 0 Å². The molecule has 0 atom stereocenters. The lowest BCUT2D eigenvalue weighted by atomic mass is 10.1. The second-order valence-electron chi connectivity index (χ2n) is 4.37. The number of anilines is 1. The molecule has 4 heteroatoms. The summed E-state index contributed by atoms with van der Waals surface area (Å²) in [5.41, 5.74) is 3.99. The van der Waals surface area contributed by atoms with Gasteiger partial charge in [-0.3, -0.25) is 9.78 Å².